The summed E-state index contributed by atoms with van der Waals surface area (Å²) in [5, 5.41) is 3.16. The number of rotatable bonds is 4. The molecule has 1 aliphatic carbocycles. The monoisotopic (exact) mass is 312 g/mol. The molecule has 2 aliphatic rings. The summed E-state index contributed by atoms with van der Waals surface area (Å²) >= 11 is 6.59. The molecule has 1 saturated heterocycles. The van der Waals surface area contributed by atoms with Gasteiger partial charge < -0.3 is 15.0 Å². The van der Waals surface area contributed by atoms with Gasteiger partial charge in [0.2, 0.25) is 5.91 Å². The molecule has 0 unspecified atom stereocenters. The number of aromatic nitrogens is 1. The van der Waals surface area contributed by atoms with Crippen LogP contribution in [0.15, 0.2) is 0 Å². The number of thiazole rings is 1. The molecule has 4 nitrogen and oxygen atoms in total. The van der Waals surface area contributed by atoms with Crippen molar-refractivity contribution in [2.75, 3.05) is 6.61 Å². The molecular formula is C14H20N2O2S2. The first-order valence-corrected chi connectivity index (χ1v) is 8.44. The van der Waals surface area contributed by atoms with Gasteiger partial charge in [-0.1, -0.05) is 0 Å². The van der Waals surface area contributed by atoms with Gasteiger partial charge in [-0.2, -0.15) is 0 Å². The summed E-state index contributed by atoms with van der Waals surface area (Å²) in [6.07, 6.45) is 5.27. The molecule has 1 aromatic rings. The Balaban J connectivity index is 1.53. The third kappa shape index (κ3) is 3.48. The molecule has 2 fully saturated rings. The van der Waals surface area contributed by atoms with Crippen molar-refractivity contribution in [3.8, 4) is 0 Å². The van der Waals surface area contributed by atoms with Crippen LogP contribution < -0.4 is 5.32 Å². The number of amides is 1. The first-order chi connectivity index (χ1) is 9.61. The molecule has 1 saturated carbocycles. The number of hydrogen-bond donors (Lipinski definition) is 2. The molecule has 6 heteroatoms. The Morgan fingerprint density at radius 3 is 2.95 bits per heavy atom. The highest BCUT2D eigenvalue weighted by atomic mass is 32.1. The van der Waals surface area contributed by atoms with E-state index in [1.54, 1.807) is 0 Å². The van der Waals surface area contributed by atoms with Gasteiger partial charge in [-0.25, -0.2) is 0 Å². The fourth-order valence-electron chi connectivity index (χ4n) is 2.79. The maximum Gasteiger partial charge on any atom is 0.225 e. The first-order valence-electron chi connectivity index (χ1n) is 7.21. The lowest BCUT2D eigenvalue weighted by Gasteiger charge is -2.30. The average molecular weight is 312 g/mol. The van der Waals surface area contributed by atoms with Crippen LogP contribution in [0.5, 0.6) is 0 Å². The molecule has 3 rings (SSSR count). The first kappa shape index (κ1) is 14.2. The zero-order valence-electron chi connectivity index (χ0n) is 11.6. The topological polar surface area (TPSA) is 54.1 Å². The smallest absolute Gasteiger partial charge is 0.225 e. The molecule has 20 heavy (non-hydrogen) atoms. The van der Waals surface area contributed by atoms with Gasteiger partial charge >= 0.3 is 0 Å². The number of aromatic amines is 1. The minimum atomic E-state index is 0.0970. The molecule has 110 valence electrons. The minimum Gasteiger partial charge on any atom is -0.378 e. The van der Waals surface area contributed by atoms with E-state index in [2.05, 4.69) is 10.3 Å². The number of aryl methyl sites for hydroxylation is 1. The van der Waals surface area contributed by atoms with E-state index in [1.165, 1.54) is 24.2 Å². The Labute approximate surface area is 127 Å². The van der Waals surface area contributed by atoms with Crippen LogP contribution in [0.4, 0.5) is 0 Å². The van der Waals surface area contributed by atoms with Crippen LogP contribution in [0.3, 0.4) is 0 Å². The summed E-state index contributed by atoms with van der Waals surface area (Å²) in [5.41, 5.74) is 1.01. The SMILES string of the molecule is Cc1[nH]c(=S)sc1CC(=O)N[C@H]1CCO[C@H](C2CC2)C1. The van der Waals surface area contributed by atoms with E-state index in [1.807, 2.05) is 6.92 Å². The quantitative estimate of drug-likeness (QED) is 0.841. The van der Waals surface area contributed by atoms with E-state index in [0.717, 1.165) is 39.9 Å². The van der Waals surface area contributed by atoms with Crippen LogP contribution in [0, 0.1) is 16.8 Å². The Kier molecular flexibility index (Phi) is 4.23. The van der Waals surface area contributed by atoms with Crippen LogP contribution in [-0.2, 0) is 16.0 Å². The molecule has 2 atom stereocenters. The molecule has 2 heterocycles. The molecule has 0 bridgehead atoms. The number of carbonyl (C=O) groups excluding carboxylic acids is 1. The molecule has 2 N–H and O–H groups in total. The van der Waals surface area contributed by atoms with Crippen LogP contribution in [-0.4, -0.2) is 29.6 Å². The highest BCUT2D eigenvalue weighted by Crippen LogP contribution is 2.38. The normalized spacial score (nSPS) is 26.4. The van der Waals surface area contributed by atoms with Gasteiger partial charge in [-0.15, -0.1) is 11.3 Å². The van der Waals surface area contributed by atoms with Crippen molar-refractivity contribution in [2.24, 2.45) is 5.92 Å². The second kappa shape index (κ2) is 5.95. The third-order valence-corrected chi connectivity index (χ3v) is 5.41. The molecule has 1 aliphatic heterocycles. The summed E-state index contributed by atoms with van der Waals surface area (Å²) < 4.78 is 6.53. The van der Waals surface area contributed by atoms with Gasteiger partial charge in [0.1, 0.15) is 0 Å². The van der Waals surface area contributed by atoms with Crippen molar-refractivity contribution in [2.45, 2.75) is 51.2 Å². The molecule has 0 aromatic carbocycles. The second-order valence-corrected chi connectivity index (χ2v) is 7.55. The summed E-state index contributed by atoms with van der Waals surface area (Å²) in [5.74, 6) is 0.839. The van der Waals surface area contributed by atoms with Crippen molar-refractivity contribution in [1.82, 2.24) is 10.3 Å². The molecule has 1 aromatic heterocycles. The van der Waals surface area contributed by atoms with Crippen LogP contribution in [0.1, 0.15) is 36.3 Å². The summed E-state index contributed by atoms with van der Waals surface area (Å²) in [4.78, 5) is 16.3. The third-order valence-electron chi connectivity index (χ3n) is 4.07. The maximum atomic E-state index is 12.1. The number of carbonyl (C=O) groups is 1. The predicted octanol–water partition coefficient (Wildman–Crippen LogP) is 2.73. The average Bonchev–Trinajstić information content (AvgIpc) is 3.18. The number of H-pyrrole nitrogens is 1. The van der Waals surface area contributed by atoms with E-state index in [9.17, 15) is 4.79 Å². The Hall–Kier alpha value is -0.720. The molecule has 1 amide bonds. The summed E-state index contributed by atoms with van der Waals surface area (Å²) in [6.45, 7) is 2.74. The highest BCUT2D eigenvalue weighted by Gasteiger charge is 2.36. The molecule has 0 radical (unpaired) electrons. The van der Waals surface area contributed by atoms with Crippen molar-refractivity contribution in [3.63, 3.8) is 0 Å². The lowest BCUT2D eigenvalue weighted by molar-refractivity contribution is -0.122. The number of hydrogen-bond acceptors (Lipinski definition) is 4. The highest BCUT2D eigenvalue weighted by molar-refractivity contribution is 7.73. The fourth-order valence-corrected chi connectivity index (χ4v) is 4.08. The number of ether oxygens (including phenoxy) is 1. The zero-order chi connectivity index (χ0) is 14.1. The van der Waals surface area contributed by atoms with E-state index < -0.39 is 0 Å². The van der Waals surface area contributed by atoms with Gasteiger partial charge in [0.05, 0.1) is 12.5 Å². The standard InChI is InChI=1S/C14H20N2O2S2/c1-8-12(20-14(19)15-8)7-13(17)16-10-4-5-18-11(6-10)9-2-3-9/h9-11H,2-7H2,1H3,(H,15,19)(H,16,17)/t10-,11-/m0/s1. The Bertz CT molecular complexity index is 548. The molecular weight excluding hydrogens is 292 g/mol. The summed E-state index contributed by atoms with van der Waals surface area (Å²) in [7, 11) is 0. The number of nitrogens with one attached hydrogen (secondary N) is 2. The van der Waals surface area contributed by atoms with Gasteiger partial charge in [0.15, 0.2) is 3.95 Å². The van der Waals surface area contributed by atoms with E-state index >= 15 is 0 Å². The van der Waals surface area contributed by atoms with Gasteiger partial charge in [-0.05, 0) is 50.7 Å². The largest absolute Gasteiger partial charge is 0.378 e. The lowest BCUT2D eigenvalue weighted by atomic mass is 10.00. The van der Waals surface area contributed by atoms with Crippen molar-refractivity contribution < 1.29 is 9.53 Å². The van der Waals surface area contributed by atoms with Gasteiger partial charge in [0.25, 0.3) is 0 Å². The van der Waals surface area contributed by atoms with Crippen molar-refractivity contribution in [1.29, 1.82) is 0 Å². The van der Waals surface area contributed by atoms with Crippen molar-refractivity contribution in [3.05, 3.63) is 14.5 Å². The Morgan fingerprint density at radius 1 is 1.50 bits per heavy atom. The fraction of sp³-hybridized carbons (Fsp3) is 0.714. The van der Waals surface area contributed by atoms with Crippen molar-refractivity contribution >= 4 is 29.5 Å². The minimum absolute atomic E-state index is 0.0970. The van der Waals surface area contributed by atoms with Crippen LogP contribution in [0.2, 0.25) is 0 Å². The van der Waals surface area contributed by atoms with E-state index in [0.29, 0.717) is 12.5 Å². The Morgan fingerprint density at radius 2 is 2.30 bits per heavy atom. The summed E-state index contributed by atoms with van der Waals surface area (Å²) in [6, 6.07) is 0.272. The van der Waals surface area contributed by atoms with Gasteiger partial charge in [0, 0.05) is 23.2 Å². The van der Waals surface area contributed by atoms with Gasteiger partial charge in [-0.3, -0.25) is 4.79 Å². The van der Waals surface area contributed by atoms with E-state index in [-0.39, 0.29) is 11.9 Å². The lowest BCUT2D eigenvalue weighted by Crippen LogP contribution is -2.43. The van der Waals surface area contributed by atoms with Crippen LogP contribution in [0.25, 0.3) is 0 Å². The maximum absolute atomic E-state index is 12.1. The van der Waals surface area contributed by atoms with Crippen LogP contribution >= 0.6 is 23.6 Å². The van der Waals surface area contributed by atoms with E-state index in [4.69, 9.17) is 17.0 Å². The zero-order valence-corrected chi connectivity index (χ0v) is 13.2. The second-order valence-electron chi connectivity index (χ2n) is 5.77. The molecule has 0 spiro atoms. The predicted molar refractivity (Wildman–Crippen MR) is 81.6 cm³/mol.